The van der Waals surface area contributed by atoms with Gasteiger partial charge < -0.3 is 10.6 Å². The van der Waals surface area contributed by atoms with Gasteiger partial charge in [0.15, 0.2) is 0 Å². The molecule has 2 aromatic heterocycles. The van der Waals surface area contributed by atoms with Crippen molar-refractivity contribution in [1.82, 2.24) is 24.5 Å². The molecule has 0 amide bonds. The minimum Gasteiger partial charge on any atom is -0.354 e. The summed E-state index contributed by atoms with van der Waals surface area (Å²) in [5, 5.41) is 6.51. The predicted octanol–water partition coefficient (Wildman–Crippen LogP) is 2.04. The van der Waals surface area contributed by atoms with Crippen molar-refractivity contribution in [3.05, 3.63) is 18.7 Å². The van der Waals surface area contributed by atoms with Crippen LogP contribution < -0.4 is 10.6 Å². The summed E-state index contributed by atoms with van der Waals surface area (Å²) in [6, 6.07) is 0.340. The normalized spacial score (nSPS) is 12.1. The summed E-state index contributed by atoms with van der Waals surface area (Å²) in [7, 11) is 0. The van der Waals surface area contributed by atoms with Gasteiger partial charge in [-0.3, -0.25) is 4.57 Å². The van der Waals surface area contributed by atoms with Crippen LogP contribution in [0.2, 0.25) is 0 Å². The fraction of sp³-hybridized carbons (Fsp3) is 0.538. The van der Waals surface area contributed by atoms with Gasteiger partial charge in [-0.1, -0.05) is 6.92 Å². The Hall–Kier alpha value is -1.83. The first kappa shape index (κ1) is 15.6. The number of hydrogen-bond donors (Lipinski definition) is 2. The molecule has 0 spiro atoms. The van der Waals surface area contributed by atoms with Gasteiger partial charge in [0.05, 0.1) is 0 Å². The Kier molecular flexibility index (Phi) is 5.79. The summed E-state index contributed by atoms with van der Waals surface area (Å²) in [4.78, 5) is 17.3. The fourth-order valence-electron chi connectivity index (χ4n) is 1.80. The maximum absolute atomic E-state index is 4.47. The van der Waals surface area contributed by atoms with Crippen LogP contribution in [0.3, 0.4) is 0 Å². The third-order valence-electron chi connectivity index (χ3n) is 2.89. The van der Waals surface area contributed by atoms with Crippen LogP contribution in [0.1, 0.15) is 20.3 Å². The molecule has 2 aromatic rings. The van der Waals surface area contributed by atoms with Crippen LogP contribution >= 0.6 is 11.8 Å². The van der Waals surface area contributed by atoms with Crippen LogP contribution in [0, 0.1) is 0 Å². The minimum atomic E-state index is 0.340. The molecular formula is C13H21N7S. The topological polar surface area (TPSA) is 80.5 Å². The van der Waals surface area contributed by atoms with E-state index in [0.717, 1.165) is 18.7 Å². The maximum Gasteiger partial charge on any atom is 0.241 e. The van der Waals surface area contributed by atoms with Crippen LogP contribution in [-0.4, -0.2) is 49.1 Å². The van der Waals surface area contributed by atoms with Crippen LogP contribution in [0.4, 0.5) is 11.9 Å². The second-order valence-electron chi connectivity index (χ2n) is 4.49. The van der Waals surface area contributed by atoms with E-state index in [1.807, 2.05) is 13.1 Å². The zero-order valence-electron chi connectivity index (χ0n) is 12.6. The van der Waals surface area contributed by atoms with Gasteiger partial charge in [0, 0.05) is 30.7 Å². The van der Waals surface area contributed by atoms with Gasteiger partial charge in [-0.2, -0.15) is 26.7 Å². The lowest BCUT2D eigenvalue weighted by atomic mass is 10.3. The smallest absolute Gasteiger partial charge is 0.241 e. The molecule has 1 atom stereocenters. The third-order valence-corrected chi connectivity index (χ3v) is 3.62. The highest BCUT2D eigenvalue weighted by Gasteiger charge is 2.11. The van der Waals surface area contributed by atoms with Crippen molar-refractivity contribution in [3.8, 4) is 5.95 Å². The van der Waals surface area contributed by atoms with Crippen molar-refractivity contribution in [3.63, 3.8) is 0 Å². The largest absolute Gasteiger partial charge is 0.354 e. The first-order valence-electron chi connectivity index (χ1n) is 7.00. The lowest BCUT2D eigenvalue weighted by molar-refractivity contribution is 0.757. The van der Waals surface area contributed by atoms with Gasteiger partial charge in [-0.05, 0) is 19.6 Å². The molecule has 0 fully saturated rings. The van der Waals surface area contributed by atoms with Crippen LogP contribution in [-0.2, 0) is 0 Å². The highest BCUT2D eigenvalue weighted by Crippen LogP contribution is 2.12. The highest BCUT2D eigenvalue weighted by atomic mass is 32.2. The van der Waals surface area contributed by atoms with E-state index in [1.165, 1.54) is 0 Å². The molecule has 1 unspecified atom stereocenters. The van der Waals surface area contributed by atoms with Gasteiger partial charge >= 0.3 is 0 Å². The molecule has 0 bridgehead atoms. The number of thioether (sulfide) groups is 1. The molecule has 2 heterocycles. The monoisotopic (exact) mass is 307 g/mol. The molecule has 0 aliphatic carbocycles. The van der Waals surface area contributed by atoms with Crippen molar-refractivity contribution in [2.75, 3.05) is 29.2 Å². The van der Waals surface area contributed by atoms with Crippen LogP contribution in [0.5, 0.6) is 0 Å². The molecule has 0 aliphatic rings. The first-order valence-corrected chi connectivity index (χ1v) is 8.40. The molecule has 7 nitrogen and oxygen atoms in total. The standard InChI is InChI=1S/C13H21N7S/c1-4-10(8-21-3)16-12-17-11(15-5-2)18-13(19-12)20-7-6-14-9-20/h6-7,9-10H,4-5,8H2,1-3H3,(H2,15,16,17,18,19). The van der Waals surface area contributed by atoms with Crippen molar-refractivity contribution >= 4 is 23.7 Å². The third kappa shape index (κ3) is 4.32. The maximum atomic E-state index is 4.47. The predicted molar refractivity (Wildman–Crippen MR) is 87.2 cm³/mol. The minimum absolute atomic E-state index is 0.340. The summed E-state index contributed by atoms with van der Waals surface area (Å²) >= 11 is 1.81. The molecule has 0 saturated heterocycles. The Morgan fingerprint density at radius 2 is 2.05 bits per heavy atom. The molecule has 0 radical (unpaired) electrons. The second kappa shape index (κ2) is 7.82. The van der Waals surface area contributed by atoms with E-state index in [9.17, 15) is 0 Å². The number of hydrogen-bond acceptors (Lipinski definition) is 7. The average molecular weight is 307 g/mol. The SMILES string of the molecule is CCNc1nc(NC(CC)CSC)nc(-n2ccnc2)n1. The van der Waals surface area contributed by atoms with Crippen molar-refractivity contribution in [1.29, 1.82) is 0 Å². The molecule has 0 aromatic carbocycles. The van der Waals surface area contributed by atoms with E-state index < -0.39 is 0 Å². The molecule has 2 rings (SSSR count). The van der Waals surface area contributed by atoms with Gasteiger partial charge in [-0.15, -0.1) is 0 Å². The van der Waals surface area contributed by atoms with Crippen molar-refractivity contribution < 1.29 is 0 Å². The van der Waals surface area contributed by atoms with Gasteiger partial charge in [0.2, 0.25) is 17.8 Å². The molecular weight excluding hydrogens is 286 g/mol. The summed E-state index contributed by atoms with van der Waals surface area (Å²) < 4.78 is 1.77. The average Bonchev–Trinajstić information content (AvgIpc) is 3.01. The number of anilines is 2. The van der Waals surface area contributed by atoms with Gasteiger partial charge in [0.25, 0.3) is 0 Å². The summed E-state index contributed by atoms with van der Waals surface area (Å²) in [5.41, 5.74) is 0. The van der Waals surface area contributed by atoms with Crippen molar-refractivity contribution in [2.24, 2.45) is 0 Å². The number of imidazole rings is 1. The number of nitrogens with one attached hydrogen (secondary N) is 2. The van der Waals surface area contributed by atoms with Crippen molar-refractivity contribution in [2.45, 2.75) is 26.3 Å². The highest BCUT2D eigenvalue weighted by molar-refractivity contribution is 7.98. The second-order valence-corrected chi connectivity index (χ2v) is 5.40. The van der Waals surface area contributed by atoms with Gasteiger partial charge in [-0.25, -0.2) is 4.98 Å². The van der Waals surface area contributed by atoms with E-state index >= 15 is 0 Å². The van der Waals surface area contributed by atoms with E-state index in [4.69, 9.17) is 0 Å². The van der Waals surface area contributed by atoms with Crippen LogP contribution in [0.25, 0.3) is 5.95 Å². The lowest BCUT2D eigenvalue weighted by Crippen LogP contribution is -2.23. The fourth-order valence-corrected chi connectivity index (χ4v) is 2.53. The Morgan fingerprint density at radius 1 is 1.24 bits per heavy atom. The molecule has 114 valence electrons. The van der Waals surface area contributed by atoms with E-state index in [1.54, 1.807) is 28.9 Å². The van der Waals surface area contributed by atoms with Gasteiger partial charge in [0.1, 0.15) is 6.33 Å². The quantitative estimate of drug-likeness (QED) is 0.772. The van der Waals surface area contributed by atoms with E-state index in [2.05, 4.69) is 43.7 Å². The molecule has 0 aliphatic heterocycles. The lowest BCUT2D eigenvalue weighted by Gasteiger charge is -2.16. The molecule has 21 heavy (non-hydrogen) atoms. The molecule has 8 heteroatoms. The first-order chi connectivity index (χ1) is 10.3. The zero-order valence-corrected chi connectivity index (χ0v) is 13.4. The summed E-state index contributed by atoms with van der Waals surface area (Å²) in [6.45, 7) is 4.92. The number of aromatic nitrogens is 5. The number of nitrogens with zero attached hydrogens (tertiary/aromatic N) is 5. The summed E-state index contributed by atoms with van der Waals surface area (Å²) in [5.74, 6) is 2.72. The van der Waals surface area contributed by atoms with Crippen LogP contribution in [0.15, 0.2) is 18.7 Å². The Labute approximate surface area is 129 Å². The number of rotatable bonds is 8. The molecule has 2 N–H and O–H groups in total. The van der Waals surface area contributed by atoms with E-state index in [0.29, 0.717) is 23.9 Å². The Balaban J connectivity index is 2.27. The van der Waals surface area contributed by atoms with E-state index in [-0.39, 0.29) is 0 Å². The zero-order chi connectivity index (χ0) is 15.1. The summed E-state index contributed by atoms with van der Waals surface area (Å²) in [6.07, 6.45) is 8.30. The Morgan fingerprint density at radius 3 is 2.67 bits per heavy atom. The Bertz CT molecular complexity index is 543. The molecule has 0 saturated carbocycles.